The van der Waals surface area contributed by atoms with E-state index in [2.05, 4.69) is 0 Å². The molecule has 1 amide bonds. The lowest BCUT2D eigenvalue weighted by Crippen LogP contribution is -2.39. The number of hydrogen-bond acceptors (Lipinski definition) is 3. The third kappa shape index (κ3) is 5.93. The fourth-order valence-electron chi connectivity index (χ4n) is 3.33. The van der Waals surface area contributed by atoms with Gasteiger partial charge in [0.05, 0.1) is 7.11 Å². The fraction of sp³-hybridized carbons (Fsp3) is 0.500. The first-order valence-corrected chi connectivity index (χ1v) is 8.79. The highest BCUT2D eigenvalue weighted by Crippen LogP contribution is 2.23. The van der Waals surface area contributed by atoms with E-state index in [0.717, 1.165) is 36.3 Å². The number of carbonyl (C=O) groups excluding carboxylic acids is 1. The van der Waals surface area contributed by atoms with Gasteiger partial charge in [0, 0.05) is 25.6 Å². The second kappa shape index (κ2) is 9.25. The van der Waals surface area contributed by atoms with E-state index >= 15 is 0 Å². The number of benzene rings is 1. The van der Waals surface area contributed by atoms with E-state index < -0.39 is 5.97 Å². The fourth-order valence-corrected chi connectivity index (χ4v) is 3.33. The van der Waals surface area contributed by atoms with E-state index in [1.807, 2.05) is 36.1 Å². The molecule has 136 valence electrons. The summed E-state index contributed by atoms with van der Waals surface area (Å²) in [5, 5.41) is 8.82. The number of para-hydroxylation sites is 1. The van der Waals surface area contributed by atoms with E-state index in [1.54, 1.807) is 13.2 Å². The van der Waals surface area contributed by atoms with Gasteiger partial charge in [-0.2, -0.15) is 0 Å². The van der Waals surface area contributed by atoms with Crippen molar-refractivity contribution in [1.82, 2.24) is 4.90 Å². The molecule has 1 fully saturated rings. The molecule has 1 unspecified atom stereocenters. The third-order valence-corrected chi connectivity index (χ3v) is 4.63. The summed E-state index contributed by atoms with van der Waals surface area (Å²) < 4.78 is 5.36. The number of piperidine rings is 1. The number of nitrogens with zero attached hydrogens (tertiary/aromatic N) is 1. The van der Waals surface area contributed by atoms with Gasteiger partial charge in [-0.3, -0.25) is 9.59 Å². The lowest BCUT2D eigenvalue weighted by Gasteiger charge is -2.32. The first-order valence-electron chi connectivity index (χ1n) is 8.79. The number of carboxylic acid groups (broad SMARTS) is 1. The van der Waals surface area contributed by atoms with E-state index in [4.69, 9.17) is 9.84 Å². The molecule has 1 aliphatic heterocycles. The normalized spacial score (nSPS) is 18.1. The largest absolute Gasteiger partial charge is 0.496 e. The Kier molecular flexibility index (Phi) is 7.04. The maximum Gasteiger partial charge on any atom is 0.303 e. The van der Waals surface area contributed by atoms with Crippen molar-refractivity contribution in [2.75, 3.05) is 20.2 Å². The zero-order valence-electron chi connectivity index (χ0n) is 15.0. The summed E-state index contributed by atoms with van der Waals surface area (Å²) in [5.74, 6) is 0.370. The molecule has 1 atom stereocenters. The molecule has 1 heterocycles. The smallest absolute Gasteiger partial charge is 0.303 e. The number of likely N-dealkylation sites (tertiary alicyclic amines) is 1. The van der Waals surface area contributed by atoms with Crippen molar-refractivity contribution < 1.29 is 19.4 Å². The first-order chi connectivity index (χ1) is 12.0. The first kappa shape index (κ1) is 19.0. The molecule has 1 aromatic rings. The lowest BCUT2D eigenvalue weighted by molar-refractivity contribution is -0.137. The Morgan fingerprint density at radius 1 is 1.36 bits per heavy atom. The van der Waals surface area contributed by atoms with Crippen molar-refractivity contribution in [3.63, 3.8) is 0 Å². The quantitative estimate of drug-likeness (QED) is 0.770. The molecule has 5 nitrogen and oxygen atoms in total. The van der Waals surface area contributed by atoms with Gasteiger partial charge in [-0.15, -0.1) is 0 Å². The minimum absolute atomic E-state index is 0.0208. The zero-order valence-corrected chi connectivity index (χ0v) is 15.0. The third-order valence-electron chi connectivity index (χ3n) is 4.63. The minimum atomic E-state index is -0.768. The second-order valence-electron chi connectivity index (χ2n) is 6.70. The summed E-state index contributed by atoms with van der Waals surface area (Å²) in [4.78, 5) is 25.1. The van der Waals surface area contributed by atoms with Crippen LogP contribution in [-0.2, 0) is 16.0 Å². The Morgan fingerprint density at radius 2 is 2.12 bits per heavy atom. The van der Waals surface area contributed by atoms with Crippen molar-refractivity contribution >= 4 is 11.9 Å². The van der Waals surface area contributed by atoms with Gasteiger partial charge in [0.25, 0.3) is 0 Å². The van der Waals surface area contributed by atoms with Crippen LogP contribution in [0.1, 0.15) is 38.2 Å². The van der Waals surface area contributed by atoms with Gasteiger partial charge >= 0.3 is 5.97 Å². The van der Waals surface area contributed by atoms with Crippen LogP contribution in [0.3, 0.4) is 0 Å². The molecule has 5 heteroatoms. The minimum Gasteiger partial charge on any atom is -0.496 e. The van der Waals surface area contributed by atoms with Crippen molar-refractivity contribution in [2.24, 2.45) is 5.92 Å². The molecular weight excluding hydrogens is 318 g/mol. The molecule has 1 aliphatic rings. The number of carbonyl (C=O) groups is 2. The second-order valence-corrected chi connectivity index (χ2v) is 6.70. The van der Waals surface area contributed by atoms with Gasteiger partial charge in [-0.05, 0) is 50.2 Å². The Morgan fingerprint density at radius 3 is 2.84 bits per heavy atom. The maximum absolute atomic E-state index is 12.5. The number of carboxylic acids is 1. The highest BCUT2D eigenvalue weighted by molar-refractivity contribution is 5.88. The highest BCUT2D eigenvalue weighted by Gasteiger charge is 2.23. The summed E-state index contributed by atoms with van der Waals surface area (Å²) in [6.45, 7) is 3.36. The van der Waals surface area contributed by atoms with Crippen LogP contribution in [0.15, 0.2) is 35.9 Å². The van der Waals surface area contributed by atoms with Crippen molar-refractivity contribution in [3.8, 4) is 5.75 Å². The summed E-state index contributed by atoms with van der Waals surface area (Å²) >= 11 is 0. The molecule has 0 aromatic heterocycles. The number of amides is 1. The molecule has 0 bridgehead atoms. The number of methoxy groups -OCH3 is 1. The van der Waals surface area contributed by atoms with Crippen LogP contribution in [0.2, 0.25) is 0 Å². The maximum atomic E-state index is 12.5. The monoisotopic (exact) mass is 345 g/mol. The Bertz CT molecular complexity index is 638. The van der Waals surface area contributed by atoms with Gasteiger partial charge in [0.1, 0.15) is 5.75 Å². The summed E-state index contributed by atoms with van der Waals surface area (Å²) in [7, 11) is 1.65. The van der Waals surface area contributed by atoms with Crippen LogP contribution >= 0.6 is 0 Å². The van der Waals surface area contributed by atoms with Crippen molar-refractivity contribution in [2.45, 2.75) is 39.0 Å². The number of ether oxygens (including phenoxy) is 1. The number of aliphatic carboxylic acids is 1. The number of hydrogen-bond donors (Lipinski definition) is 1. The summed E-state index contributed by atoms with van der Waals surface area (Å²) in [5.41, 5.74) is 2.05. The molecule has 2 rings (SSSR count). The van der Waals surface area contributed by atoms with E-state index in [0.29, 0.717) is 19.4 Å². The van der Waals surface area contributed by atoms with Crippen LogP contribution in [0.4, 0.5) is 0 Å². The molecule has 1 N–H and O–H groups in total. The van der Waals surface area contributed by atoms with Gasteiger partial charge in [0.15, 0.2) is 0 Å². The Labute approximate surface area is 149 Å². The molecule has 0 radical (unpaired) electrons. The van der Waals surface area contributed by atoms with Gasteiger partial charge < -0.3 is 14.7 Å². The molecule has 0 aliphatic carbocycles. The van der Waals surface area contributed by atoms with Crippen LogP contribution < -0.4 is 4.74 Å². The van der Waals surface area contributed by atoms with Crippen LogP contribution in [0.25, 0.3) is 0 Å². The van der Waals surface area contributed by atoms with Gasteiger partial charge in [-0.1, -0.05) is 23.8 Å². The number of allylic oxidation sites excluding steroid dienone is 1. The van der Waals surface area contributed by atoms with Crippen molar-refractivity contribution in [1.29, 1.82) is 0 Å². The van der Waals surface area contributed by atoms with E-state index in [9.17, 15) is 9.59 Å². The molecule has 0 saturated carbocycles. The van der Waals surface area contributed by atoms with E-state index in [1.165, 1.54) is 0 Å². The van der Waals surface area contributed by atoms with Crippen molar-refractivity contribution in [3.05, 3.63) is 41.5 Å². The SMILES string of the molecule is COc1ccccc1C/C(C)=C/C(=O)N1CCCC(CCC(=O)O)C1. The average molecular weight is 345 g/mol. The summed E-state index contributed by atoms with van der Waals surface area (Å²) in [6.07, 6.45) is 5.13. The number of rotatable bonds is 7. The van der Waals surface area contributed by atoms with Crippen LogP contribution in [0, 0.1) is 5.92 Å². The Hall–Kier alpha value is -2.30. The Balaban J connectivity index is 1.94. The molecule has 0 spiro atoms. The molecule has 1 saturated heterocycles. The summed E-state index contributed by atoms with van der Waals surface area (Å²) in [6, 6.07) is 7.81. The molecule has 1 aromatic carbocycles. The zero-order chi connectivity index (χ0) is 18.2. The predicted molar refractivity (Wildman–Crippen MR) is 96.6 cm³/mol. The van der Waals surface area contributed by atoms with Gasteiger partial charge in [-0.25, -0.2) is 0 Å². The molecular formula is C20H27NO4. The predicted octanol–water partition coefficient (Wildman–Crippen LogP) is 3.29. The highest BCUT2D eigenvalue weighted by atomic mass is 16.5. The molecule has 25 heavy (non-hydrogen) atoms. The lowest BCUT2D eigenvalue weighted by atomic mass is 9.93. The van der Waals surface area contributed by atoms with Crippen LogP contribution in [-0.4, -0.2) is 42.1 Å². The van der Waals surface area contributed by atoms with Gasteiger partial charge in [0.2, 0.25) is 5.91 Å². The standard InChI is InChI=1S/C20H27NO4/c1-15(12-17-7-3-4-8-18(17)25-2)13-19(22)21-11-5-6-16(14-21)9-10-20(23)24/h3-4,7-8,13,16H,5-6,9-12,14H2,1-2H3,(H,23,24)/b15-13+. The topological polar surface area (TPSA) is 66.8 Å². The van der Waals surface area contributed by atoms with Crippen LogP contribution in [0.5, 0.6) is 5.75 Å². The van der Waals surface area contributed by atoms with E-state index in [-0.39, 0.29) is 18.2 Å². The average Bonchev–Trinajstić information content (AvgIpc) is 2.60.